The van der Waals surface area contributed by atoms with E-state index < -0.39 is 0 Å². The first-order valence-corrected chi connectivity index (χ1v) is 6.67. The molecule has 0 aliphatic rings. The summed E-state index contributed by atoms with van der Waals surface area (Å²) in [5, 5.41) is 0.599. The van der Waals surface area contributed by atoms with Gasteiger partial charge in [-0.2, -0.15) is 0 Å². The Morgan fingerprint density at radius 1 is 1.16 bits per heavy atom. The SMILES string of the molecule is Cc1ccc(COc2ccc([C@@H](C)N)cc2Cl)cc1. The average molecular weight is 276 g/mol. The first-order valence-electron chi connectivity index (χ1n) is 6.29. The minimum Gasteiger partial charge on any atom is -0.487 e. The molecule has 0 aliphatic carbocycles. The second-order valence-electron chi connectivity index (χ2n) is 4.75. The summed E-state index contributed by atoms with van der Waals surface area (Å²) in [6.07, 6.45) is 0. The fourth-order valence-corrected chi connectivity index (χ4v) is 2.01. The molecule has 0 aromatic heterocycles. The highest BCUT2D eigenvalue weighted by atomic mass is 35.5. The van der Waals surface area contributed by atoms with Crippen LogP contribution in [0, 0.1) is 6.92 Å². The van der Waals surface area contributed by atoms with Gasteiger partial charge in [-0.15, -0.1) is 0 Å². The van der Waals surface area contributed by atoms with Crippen molar-refractivity contribution >= 4 is 11.6 Å². The molecule has 2 N–H and O–H groups in total. The van der Waals surface area contributed by atoms with Crippen molar-refractivity contribution in [1.29, 1.82) is 0 Å². The first-order chi connectivity index (χ1) is 9.06. The standard InChI is InChI=1S/C16H18ClNO/c1-11-3-5-13(6-4-11)10-19-16-8-7-14(12(2)18)9-15(16)17/h3-9,12H,10,18H2,1-2H3/t12-/m1/s1. The third-order valence-electron chi connectivity index (χ3n) is 3.00. The molecule has 2 rings (SSSR count). The molecule has 2 aromatic rings. The zero-order valence-electron chi connectivity index (χ0n) is 11.2. The molecule has 0 amide bonds. The number of aryl methyl sites for hydroxylation is 1. The Bertz CT molecular complexity index is 549. The van der Waals surface area contributed by atoms with E-state index in [1.165, 1.54) is 5.56 Å². The van der Waals surface area contributed by atoms with Gasteiger partial charge in [0.25, 0.3) is 0 Å². The van der Waals surface area contributed by atoms with Gasteiger partial charge in [-0.05, 0) is 37.1 Å². The summed E-state index contributed by atoms with van der Waals surface area (Å²) >= 11 is 6.18. The number of rotatable bonds is 4. The van der Waals surface area contributed by atoms with Crippen LogP contribution in [0.4, 0.5) is 0 Å². The van der Waals surface area contributed by atoms with Crippen LogP contribution in [-0.2, 0) is 6.61 Å². The summed E-state index contributed by atoms with van der Waals surface area (Å²) in [6.45, 7) is 4.50. The predicted molar refractivity (Wildman–Crippen MR) is 79.6 cm³/mol. The molecule has 2 aromatic carbocycles. The van der Waals surface area contributed by atoms with Crippen molar-refractivity contribution in [2.24, 2.45) is 5.73 Å². The van der Waals surface area contributed by atoms with Crippen molar-refractivity contribution in [3.63, 3.8) is 0 Å². The molecule has 0 bridgehead atoms. The zero-order chi connectivity index (χ0) is 13.8. The van der Waals surface area contributed by atoms with Gasteiger partial charge < -0.3 is 10.5 Å². The minimum atomic E-state index is -0.0244. The fraction of sp³-hybridized carbons (Fsp3) is 0.250. The van der Waals surface area contributed by atoms with E-state index in [0.29, 0.717) is 17.4 Å². The number of nitrogens with two attached hydrogens (primary N) is 1. The minimum absolute atomic E-state index is 0.0244. The lowest BCUT2D eigenvalue weighted by Gasteiger charge is -2.11. The van der Waals surface area contributed by atoms with Gasteiger partial charge in [0.15, 0.2) is 0 Å². The Morgan fingerprint density at radius 2 is 1.84 bits per heavy atom. The van der Waals surface area contributed by atoms with Crippen molar-refractivity contribution in [3.05, 3.63) is 64.2 Å². The van der Waals surface area contributed by atoms with E-state index in [1.807, 2.05) is 25.1 Å². The number of halogens is 1. The summed E-state index contributed by atoms with van der Waals surface area (Å²) in [5.74, 6) is 0.687. The number of hydrogen-bond donors (Lipinski definition) is 1. The van der Waals surface area contributed by atoms with Crippen LogP contribution in [0.3, 0.4) is 0 Å². The molecule has 0 aliphatic heterocycles. The lowest BCUT2D eigenvalue weighted by Crippen LogP contribution is -2.05. The third-order valence-corrected chi connectivity index (χ3v) is 3.29. The van der Waals surface area contributed by atoms with Crippen LogP contribution in [-0.4, -0.2) is 0 Å². The van der Waals surface area contributed by atoms with E-state index >= 15 is 0 Å². The van der Waals surface area contributed by atoms with E-state index in [-0.39, 0.29) is 6.04 Å². The Kier molecular flexibility index (Phi) is 4.46. The molecular formula is C16H18ClNO. The summed E-state index contributed by atoms with van der Waals surface area (Å²) in [7, 11) is 0. The van der Waals surface area contributed by atoms with Crippen LogP contribution in [0.15, 0.2) is 42.5 Å². The molecule has 0 heterocycles. The first kappa shape index (κ1) is 13.9. The van der Waals surface area contributed by atoms with Gasteiger partial charge in [0.2, 0.25) is 0 Å². The maximum absolute atomic E-state index is 6.18. The van der Waals surface area contributed by atoms with Crippen molar-refractivity contribution in [1.82, 2.24) is 0 Å². The second kappa shape index (κ2) is 6.09. The molecule has 0 radical (unpaired) electrons. The van der Waals surface area contributed by atoms with Crippen LogP contribution in [0.1, 0.15) is 29.7 Å². The molecule has 0 saturated heterocycles. The lowest BCUT2D eigenvalue weighted by molar-refractivity contribution is 0.306. The summed E-state index contributed by atoms with van der Waals surface area (Å²) in [6, 6.07) is 13.9. The Labute approximate surface area is 119 Å². The van der Waals surface area contributed by atoms with Crippen LogP contribution in [0.5, 0.6) is 5.75 Å². The van der Waals surface area contributed by atoms with Gasteiger partial charge in [0, 0.05) is 6.04 Å². The quantitative estimate of drug-likeness (QED) is 0.905. The lowest BCUT2D eigenvalue weighted by atomic mass is 10.1. The fourth-order valence-electron chi connectivity index (χ4n) is 1.76. The van der Waals surface area contributed by atoms with E-state index in [0.717, 1.165) is 11.1 Å². The van der Waals surface area contributed by atoms with Crippen LogP contribution in [0.25, 0.3) is 0 Å². The highest BCUT2D eigenvalue weighted by Crippen LogP contribution is 2.28. The molecule has 0 spiro atoms. The summed E-state index contributed by atoms with van der Waals surface area (Å²) in [4.78, 5) is 0. The van der Waals surface area contributed by atoms with Crippen molar-refractivity contribution < 1.29 is 4.74 Å². The van der Waals surface area contributed by atoms with Crippen LogP contribution < -0.4 is 10.5 Å². The second-order valence-corrected chi connectivity index (χ2v) is 5.16. The third kappa shape index (κ3) is 3.72. The Hall–Kier alpha value is -1.51. The van der Waals surface area contributed by atoms with Gasteiger partial charge in [-0.3, -0.25) is 0 Å². The number of benzene rings is 2. The molecular weight excluding hydrogens is 258 g/mol. The number of ether oxygens (including phenoxy) is 1. The Morgan fingerprint density at radius 3 is 2.42 bits per heavy atom. The van der Waals surface area contributed by atoms with Gasteiger partial charge in [-0.1, -0.05) is 47.5 Å². The zero-order valence-corrected chi connectivity index (χ0v) is 11.9. The van der Waals surface area contributed by atoms with Crippen LogP contribution >= 0.6 is 11.6 Å². The molecule has 100 valence electrons. The maximum atomic E-state index is 6.18. The highest BCUT2D eigenvalue weighted by molar-refractivity contribution is 6.32. The normalized spacial score (nSPS) is 12.2. The average Bonchev–Trinajstić information content (AvgIpc) is 2.39. The topological polar surface area (TPSA) is 35.2 Å². The molecule has 2 nitrogen and oxygen atoms in total. The Balaban J connectivity index is 2.05. The van der Waals surface area contributed by atoms with Gasteiger partial charge in [0.05, 0.1) is 5.02 Å². The number of hydrogen-bond acceptors (Lipinski definition) is 2. The largest absolute Gasteiger partial charge is 0.487 e. The molecule has 0 saturated carbocycles. The molecule has 19 heavy (non-hydrogen) atoms. The summed E-state index contributed by atoms with van der Waals surface area (Å²) in [5.41, 5.74) is 9.18. The van der Waals surface area contributed by atoms with Gasteiger partial charge in [-0.25, -0.2) is 0 Å². The van der Waals surface area contributed by atoms with E-state index in [1.54, 1.807) is 0 Å². The van der Waals surface area contributed by atoms with Crippen molar-refractivity contribution in [2.75, 3.05) is 0 Å². The van der Waals surface area contributed by atoms with Gasteiger partial charge in [0.1, 0.15) is 12.4 Å². The molecule has 3 heteroatoms. The molecule has 0 fully saturated rings. The molecule has 0 unspecified atom stereocenters. The van der Waals surface area contributed by atoms with E-state index in [4.69, 9.17) is 22.1 Å². The smallest absolute Gasteiger partial charge is 0.138 e. The van der Waals surface area contributed by atoms with Crippen molar-refractivity contribution in [3.8, 4) is 5.75 Å². The van der Waals surface area contributed by atoms with E-state index in [9.17, 15) is 0 Å². The summed E-state index contributed by atoms with van der Waals surface area (Å²) < 4.78 is 5.72. The highest BCUT2D eigenvalue weighted by Gasteiger charge is 2.06. The van der Waals surface area contributed by atoms with Gasteiger partial charge >= 0.3 is 0 Å². The maximum Gasteiger partial charge on any atom is 0.138 e. The monoisotopic (exact) mass is 275 g/mol. The predicted octanol–water partition coefficient (Wildman–Crippen LogP) is 4.25. The van der Waals surface area contributed by atoms with Crippen molar-refractivity contribution in [2.45, 2.75) is 26.5 Å². The molecule has 1 atom stereocenters. The van der Waals surface area contributed by atoms with E-state index in [2.05, 4.69) is 31.2 Å². The van der Waals surface area contributed by atoms with Crippen LogP contribution in [0.2, 0.25) is 5.02 Å².